The molecule has 2 fully saturated rings. The average Bonchev–Trinajstić information content (AvgIpc) is 3.36. The number of carbonyl (C=O) groups excluding carboxylic acids is 1. The maximum Gasteiger partial charge on any atom is 0.220 e. The molecular formula is C21H24F2N2O2. The monoisotopic (exact) mass is 374 g/mol. The van der Waals surface area contributed by atoms with Crippen LogP contribution in [0.3, 0.4) is 0 Å². The molecular weight excluding hydrogens is 350 g/mol. The normalized spacial score (nSPS) is 24.9. The van der Waals surface area contributed by atoms with E-state index in [1.807, 2.05) is 0 Å². The van der Waals surface area contributed by atoms with Crippen LogP contribution in [0.5, 0.6) is 0 Å². The molecule has 1 aromatic carbocycles. The quantitative estimate of drug-likeness (QED) is 0.810. The second-order valence-electron chi connectivity index (χ2n) is 7.94. The van der Waals surface area contributed by atoms with Gasteiger partial charge in [0.25, 0.3) is 0 Å². The summed E-state index contributed by atoms with van der Waals surface area (Å²) in [5.41, 5.74) is 0.157. The van der Waals surface area contributed by atoms with E-state index >= 15 is 0 Å². The standard InChI is InChI=1S/C21H24F2N2O2/c1-12(17-9-13-2-3-14(17)8-13)25-20(26)6-7-21-24-11-19(27-21)16-5-4-15(22)10-18(16)23/h4-5,10-14,17H,2-3,6-9H2,1H3,(H,25,26). The number of amides is 1. The van der Waals surface area contributed by atoms with Crippen LogP contribution in [-0.2, 0) is 11.2 Å². The van der Waals surface area contributed by atoms with Gasteiger partial charge in [-0.15, -0.1) is 0 Å². The number of nitrogens with zero attached hydrogens (tertiary/aromatic N) is 1. The van der Waals surface area contributed by atoms with E-state index in [2.05, 4.69) is 17.2 Å². The number of nitrogens with one attached hydrogen (secondary N) is 1. The first-order chi connectivity index (χ1) is 13.0. The predicted octanol–water partition coefficient (Wildman–Crippen LogP) is 4.49. The number of hydrogen-bond acceptors (Lipinski definition) is 3. The van der Waals surface area contributed by atoms with E-state index in [1.54, 1.807) is 0 Å². The number of hydrogen-bond donors (Lipinski definition) is 1. The number of fused-ring (bicyclic) bond motifs is 2. The highest BCUT2D eigenvalue weighted by Crippen LogP contribution is 2.49. The maximum absolute atomic E-state index is 13.8. The van der Waals surface area contributed by atoms with Crippen LogP contribution in [0.2, 0.25) is 0 Å². The Balaban J connectivity index is 1.30. The van der Waals surface area contributed by atoms with Crippen LogP contribution in [0.1, 0.15) is 44.9 Å². The van der Waals surface area contributed by atoms with Crippen molar-refractivity contribution in [3.63, 3.8) is 0 Å². The lowest BCUT2D eigenvalue weighted by molar-refractivity contribution is -0.122. The summed E-state index contributed by atoms with van der Waals surface area (Å²) in [5.74, 6) is 1.48. The third kappa shape index (κ3) is 3.89. The van der Waals surface area contributed by atoms with Gasteiger partial charge in [0.15, 0.2) is 11.7 Å². The number of halogens is 2. The summed E-state index contributed by atoms with van der Waals surface area (Å²) in [6, 6.07) is 3.49. The first-order valence-electron chi connectivity index (χ1n) is 9.69. The molecule has 6 heteroatoms. The Morgan fingerprint density at radius 2 is 2.19 bits per heavy atom. The zero-order valence-corrected chi connectivity index (χ0v) is 15.4. The summed E-state index contributed by atoms with van der Waals surface area (Å²) >= 11 is 0. The van der Waals surface area contributed by atoms with Crippen molar-refractivity contribution < 1.29 is 18.0 Å². The smallest absolute Gasteiger partial charge is 0.220 e. The van der Waals surface area contributed by atoms with Crippen molar-refractivity contribution >= 4 is 5.91 Å². The number of aryl methyl sites for hydroxylation is 1. The second kappa shape index (κ2) is 7.41. The minimum Gasteiger partial charge on any atom is -0.441 e. The zero-order chi connectivity index (χ0) is 19.0. The molecule has 2 saturated carbocycles. The van der Waals surface area contributed by atoms with Gasteiger partial charge in [-0.05, 0) is 56.1 Å². The second-order valence-corrected chi connectivity index (χ2v) is 7.94. The Hall–Kier alpha value is -2.24. The fourth-order valence-corrected chi connectivity index (χ4v) is 4.80. The number of oxazole rings is 1. The zero-order valence-electron chi connectivity index (χ0n) is 15.4. The molecule has 2 aliphatic carbocycles. The van der Waals surface area contributed by atoms with E-state index in [-0.39, 0.29) is 29.7 Å². The van der Waals surface area contributed by atoms with Crippen molar-refractivity contribution in [2.45, 2.75) is 51.5 Å². The minimum atomic E-state index is -0.699. The van der Waals surface area contributed by atoms with E-state index in [9.17, 15) is 13.6 Å². The van der Waals surface area contributed by atoms with Gasteiger partial charge in [0, 0.05) is 24.9 Å². The van der Waals surface area contributed by atoms with Gasteiger partial charge in [-0.3, -0.25) is 4.79 Å². The molecule has 1 heterocycles. The predicted molar refractivity (Wildman–Crippen MR) is 96.7 cm³/mol. The van der Waals surface area contributed by atoms with Gasteiger partial charge < -0.3 is 9.73 Å². The van der Waals surface area contributed by atoms with Crippen LogP contribution in [0.15, 0.2) is 28.8 Å². The van der Waals surface area contributed by atoms with Gasteiger partial charge in [-0.1, -0.05) is 6.42 Å². The molecule has 144 valence electrons. The molecule has 2 aromatic rings. The van der Waals surface area contributed by atoms with Crippen LogP contribution in [0.25, 0.3) is 11.3 Å². The molecule has 2 aliphatic rings. The summed E-state index contributed by atoms with van der Waals surface area (Å²) < 4.78 is 32.4. The highest BCUT2D eigenvalue weighted by molar-refractivity contribution is 5.76. The van der Waals surface area contributed by atoms with Gasteiger partial charge in [-0.2, -0.15) is 0 Å². The van der Waals surface area contributed by atoms with E-state index in [4.69, 9.17) is 4.42 Å². The highest BCUT2D eigenvalue weighted by atomic mass is 19.1. The molecule has 0 aliphatic heterocycles. The van der Waals surface area contributed by atoms with Gasteiger partial charge in [0.05, 0.1) is 11.8 Å². The summed E-state index contributed by atoms with van der Waals surface area (Å²) in [6.45, 7) is 2.10. The Bertz CT molecular complexity index is 835. The summed E-state index contributed by atoms with van der Waals surface area (Å²) in [4.78, 5) is 16.4. The lowest BCUT2D eigenvalue weighted by atomic mass is 9.84. The third-order valence-electron chi connectivity index (χ3n) is 6.14. The van der Waals surface area contributed by atoms with E-state index < -0.39 is 11.6 Å². The average molecular weight is 374 g/mol. The summed E-state index contributed by atoms with van der Waals surface area (Å²) in [5, 5.41) is 3.12. The Morgan fingerprint density at radius 3 is 2.89 bits per heavy atom. The molecule has 1 N–H and O–H groups in total. The maximum atomic E-state index is 13.8. The van der Waals surface area contributed by atoms with Crippen molar-refractivity contribution in [2.75, 3.05) is 0 Å². The van der Waals surface area contributed by atoms with Gasteiger partial charge in [0.1, 0.15) is 11.6 Å². The topological polar surface area (TPSA) is 55.1 Å². The van der Waals surface area contributed by atoms with Crippen molar-refractivity contribution in [3.05, 3.63) is 41.9 Å². The van der Waals surface area contributed by atoms with Gasteiger partial charge in [-0.25, -0.2) is 13.8 Å². The Labute approximate surface area is 157 Å². The van der Waals surface area contributed by atoms with E-state index in [0.717, 1.165) is 17.9 Å². The molecule has 4 unspecified atom stereocenters. The molecule has 4 nitrogen and oxygen atoms in total. The van der Waals surface area contributed by atoms with Gasteiger partial charge in [0.2, 0.25) is 5.91 Å². The molecule has 4 rings (SSSR count). The molecule has 0 saturated heterocycles. The lowest BCUT2D eigenvalue weighted by Gasteiger charge is -2.28. The van der Waals surface area contributed by atoms with Crippen LogP contribution < -0.4 is 5.32 Å². The SMILES string of the molecule is CC(NC(=O)CCc1ncc(-c2ccc(F)cc2F)o1)C1CC2CCC1C2. The largest absolute Gasteiger partial charge is 0.441 e. The fraction of sp³-hybridized carbons (Fsp3) is 0.524. The van der Waals surface area contributed by atoms with Gasteiger partial charge >= 0.3 is 0 Å². The summed E-state index contributed by atoms with van der Waals surface area (Å²) in [6.07, 6.45) is 7.23. The van der Waals surface area contributed by atoms with Crippen molar-refractivity contribution in [1.29, 1.82) is 0 Å². The van der Waals surface area contributed by atoms with Crippen molar-refractivity contribution in [2.24, 2.45) is 17.8 Å². The molecule has 1 aromatic heterocycles. The highest BCUT2D eigenvalue weighted by Gasteiger charge is 2.42. The van der Waals surface area contributed by atoms with E-state index in [1.165, 1.54) is 44.0 Å². The first kappa shape index (κ1) is 18.1. The number of aromatic nitrogens is 1. The molecule has 27 heavy (non-hydrogen) atoms. The summed E-state index contributed by atoms with van der Waals surface area (Å²) in [7, 11) is 0. The number of rotatable bonds is 6. The molecule has 0 spiro atoms. The Kier molecular flexibility index (Phi) is 4.98. The van der Waals surface area contributed by atoms with Crippen LogP contribution >= 0.6 is 0 Å². The molecule has 2 bridgehead atoms. The lowest BCUT2D eigenvalue weighted by Crippen LogP contribution is -2.40. The fourth-order valence-electron chi connectivity index (χ4n) is 4.80. The van der Waals surface area contributed by atoms with Crippen LogP contribution in [0.4, 0.5) is 8.78 Å². The van der Waals surface area contributed by atoms with E-state index in [0.29, 0.717) is 18.2 Å². The minimum absolute atomic E-state index is 0.0158. The Morgan fingerprint density at radius 1 is 1.33 bits per heavy atom. The third-order valence-corrected chi connectivity index (χ3v) is 6.14. The van der Waals surface area contributed by atoms with Crippen LogP contribution in [-0.4, -0.2) is 16.9 Å². The molecule has 1 amide bonds. The molecule has 4 atom stereocenters. The van der Waals surface area contributed by atoms with Crippen molar-refractivity contribution in [3.8, 4) is 11.3 Å². The van der Waals surface area contributed by atoms with Crippen molar-refractivity contribution in [1.82, 2.24) is 10.3 Å². The number of carbonyl (C=O) groups is 1. The molecule has 0 radical (unpaired) electrons. The number of benzene rings is 1. The first-order valence-corrected chi connectivity index (χ1v) is 9.69. The van der Waals surface area contributed by atoms with Crippen LogP contribution in [0, 0.1) is 29.4 Å².